The number of nitrogens with zero attached hydrogens (tertiary/aromatic N) is 2. The van der Waals surface area contributed by atoms with Crippen LogP contribution in [0.1, 0.15) is 34.1 Å². The standard InChI is InChI=1S/C17H22N2O2/c1-16(2)9-12(17(3,4)21-16)15(20)10-19-11-18-13-7-5-6-8-14(13)19/h5-8,11-12H,9-10H2,1-4H3. The van der Waals surface area contributed by atoms with Crippen molar-refractivity contribution in [3.8, 4) is 0 Å². The number of para-hydroxylation sites is 2. The van der Waals surface area contributed by atoms with Gasteiger partial charge in [-0.2, -0.15) is 0 Å². The average Bonchev–Trinajstić information content (AvgIpc) is 2.87. The lowest BCUT2D eigenvalue weighted by atomic mass is 9.84. The molecule has 0 N–H and O–H groups in total. The monoisotopic (exact) mass is 286 g/mol. The number of aromatic nitrogens is 2. The van der Waals surface area contributed by atoms with Crippen LogP contribution in [0.15, 0.2) is 30.6 Å². The van der Waals surface area contributed by atoms with Gasteiger partial charge in [0.05, 0.1) is 41.0 Å². The molecule has 4 heteroatoms. The lowest BCUT2D eigenvalue weighted by Gasteiger charge is -2.26. The molecule has 1 saturated heterocycles. The zero-order chi connectivity index (χ0) is 15.3. The van der Waals surface area contributed by atoms with Crippen molar-refractivity contribution >= 4 is 16.8 Å². The molecule has 2 aromatic rings. The van der Waals surface area contributed by atoms with E-state index in [0.29, 0.717) is 6.54 Å². The van der Waals surface area contributed by atoms with E-state index in [2.05, 4.69) is 18.8 Å². The third-order valence-electron chi connectivity index (χ3n) is 4.32. The molecule has 2 heterocycles. The summed E-state index contributed by atoms with van der Waals surface area (Å²) in [6.07, 6.45) is 2.52. The van der Waals surface area contributed by atoms with Crippen molar-refractivity contribution in [1.29, 1.82) is 0 Å². The van der Waals surface area contributed by atoms with Crippen LogP contribution < -0.4 is 0 Å². The van der Waals surface area contributed by atoms with Crippen molar-refractivity contribution in [2.75, 3.05) is 0 Å². The third kappa shape index (κ3) is 2.60. The topological polar surface area (TPSA) is 44.1 Å². The van der Waals surface area contributed by atoms with Crippen LogP contribution >= 0.6 is 0 Å². The Morgan fingerprint density at radius 3 is 2.71 bits per heavy atom. The van der Waals surface area contributed by atoms with Gasteiger partial charge in [0.25, 0.3) is 0 Å². The Balaban J connectivity index is 1.84. The molecule has 1 aromatic heterocycles. The molecule has 1 aromatic carbocycles. The van der Waals surface area contributed by atoms with E-state index in [1.807, 2.05) is 42.7 Å². The highest BCUT2D eigenvalue weighted by molar-refractivity contribution is 5.84. The smallest absolute Gasteiger partial charge is 0.158 e. The molecule has 1 aliphatic heterocycles. The highest BCUT2D eigenvalue weighted by Crippen LogP contribution is 2.42. The molecule has 3 rings (SSSR count). The molecular formula is C17H22N2O2. The maximum absolute atomic E-state index is 12.7. The van der Waals surface area contributed by atoms with Crippen molar-refractivity contribution < 1.29 is 9.53 Å². The first-order valence-corrected chi connectivity index (χ1v) is 7.41. The van der Waals surface area contributed by atoms with E-state index in [-0.39, 0.29) is 17.3 Å². The summed E-state index contributed by atoms with van der Waals surface area (Å²) in [5, 5.41) is 0. The fourth-order valence-corrected chi connectivity index (χ4v) is 3.48. The van der Waals surface area contributed by atoms with E-state index >= 15 is 0 Å². The first-order valence-electron chi connectivity index (χ1n) is 7.41. The summed E-state index contributed by atoms with van der Waals surface area (Å²) in [5.74, 6) is 0.141. The lowest BCUT2D eigenvalue weighted by molar-refractivity contribution is -0.129. The molecule has 1 aliphatic rings. The first-order chi connectivity index (χ1) is 9.78. The quantitative estimate of drug-likeness (QED) is 0.870. The second-order valence-electron chi connectivity index (χ2n) is 7.05. The summed E-state index contributed by atoms with van der Waals surface area (Å²) < 4.78 is 7.96. The largest absolute Gasteiger partial charge is 0.369 e. The fourth-order valence-electron chi connectivity index (χ4n) is 3.48. The molecule has 0 saturated carbocycles. The normalized spacial score (nSPS) is 23.5. The maximum Gasteiger partial charge on any atom is 0.158 e. The van der Waals surface area contributed by atoms with Crippen LogP contribution in [-0.4, -0.2) is 26.5 Å². The highest BCUT2D eigenvalue weighted by atomic mass is 16.5. The molecular weight excluding hydrogens is 264 g/mol. The summed E-state index contributed by atoms with van der Waals surface area (Å²) >= 11 is 0. The van der Waals surface area contributed by atoms with Crippen LogP contribution in [0.25, 0.3) is 11.0 Å². The molecule has 1 unspecified atom stereocenters. The van der Waals surface area contributed by atoms with Crippen molar-refractivity contribution in [3.05, 3.63) is 30.6 Å². The number of rotatable bonds is 3. The molecule has 4 nitrogen and oxygen atoms in total. The Hall–Kier alpha value is -1.68. The number of carbonyl (C=O) groups is 1. The number of ether oxygens (including phenoxy) is 1. The molecule has 0 bridgehead atoms. The van der Waals surface area contributed by atoms with Gasteiger partial charge in [0.15, 0.2) is 5.78 Å². The van der Waals surface area contributed by atoms with E-state index in [0.717, 1.165) is 17.5 Å². The molecule has 0 radical (unpaired) electrons. The summed E-state index contributed by atoms with van der Waals surface area (Å²) in [7, 11) is 0. The molecule has 1 fully saturated rings. The SMILES string of the molecule is CC1(C)CC(C(=O)Cn2cnc3ccccc32)C(C)(C)O1. The Morgan fingerprint density at radius 2 is 2.05 bits per heavy atom. The van der Waals surface area contributed by atoms with Crippen molar-refractivity contribution in [2.24, 2.45) is 5.92 Å². The van der Waals surface area contributed by atoms with E-state index in [4.69, 9.17) is 4.74 Å². The Morgan fingerprint density at radius 1 is 1.33 bits per heavy atom. The minimum absolute atomic E-state index is 0.0753. The molecule has 0 spiro atoms. The van der Waals surface area contributed by atoms with Gasteiger partial charge in [0.2, 0.25) is 0 Å². The highest BCUT2D eigenvalue weighted by Gasteiger charge is 2.48. The predicted octanol–water partition coefficient (Wildman–Crippen LogP) is 3.20. The fraction of sp³-hybridized carbons (Fsp3) is 0.529. The van der Waals surface area contributed by atoms with Crippen molar-refractivity contribution in [2.45, 2.75) is 51.9 Å². The Kier molecular flexibility index (Phi) is 3.17. The van der Waals surface area contributed by atoms with Crippen LogP contribution in [0, 0.1) is 5.92 Å². The number of hydrogen-bond acceptors (Lipinski definition) is 3. The van der Waals surface area contributed by atoms with Crippen LogP contribution in [0.2, 0.25) is 0 Å². The predicted molar refractivity (Wildman–Crippen MR) is 82.1 cm³/mol. The number of imidazole rings is 1. The van der Waals surface area contributed by atoms with Gasteiger partial charge in [-0.1, -0.05) is 12.1 Å². The van der Waals surface area contributed by atoms with Gasteiger partial charge in [-0.15, -0.1) is 0 Å². The molecule has 0 aliphatic carbocycles. The van der Waals surface area contributed by atoms with Gasteiger partial charge in [0.1, 0.15) is 0 Å². The van der Waals surface area contributed by atoms with Gasteiger partial charge in [-0.25, -0.2) is 4.98 Å². The van der Waals surface area contributed by atoms with Gasteiger partial charge in [0, 0.05) is 0 Å². The average molecular weight is 286 g/mol. The zero-order valence-corrected chi connectivity index (χ0v) is 13.1. The molecule has 112 valence electrons. The van der Waals surface area contributed by atoms with E-state index < -0.39 is 5.60 Å². The van der Waals surface area contributed by atoms with Crippen LogP contribution in [0.5, 0.6) is 0 Å². The molecule has 21 heavy (non-hydrogen) atoms. The zero-order valence-electron chi connectivity index (χ0n) is 13.1. The number of ketones is 1. The number of hydrogen-bond donors (Lipinski definition) is 0. The molecule has 1 atom stereocenters. The van der Waals surface area contributed by atoms with Gasteiger partial charge < -0.3 is 9.30 Å². The van der Waals surface area contributed by atoms with Crippen LogP contribution in [0.4, 0.5) is 0 Å². The lowest BCUT2D eigenvalue weighted by Crippen LogP contribution is -2.35. The summed E-state index contributed by atoms with van der Waals surface area (Å²) in [4.78, 5) is 17.1. The Bertz CT molecular complexity index is 685. The summed E-state index contributed by atoms with van der Waals surface area (Å²) in [6, 6.07) is 7.88. The Labute approximate surface area is 125 Å². The first kappa shape index (κ1) is 14.3. The van der Waals surface area contributed by atoms with E-state index in [1.54, 1.807) is 6.33 Å². The van der Waals surface area contributed by atoms with Gasteiger partial charge in [-0.3, -0.25) is 4.79 Å². The van der Waals surface area contributed by atoms with E-state index in [9.17, 15) is 4.79 Å². The second kappa shape index (κ2) is 4.67. The number of Topliss-reactive ketones (excluding diaryl/α,β-unsaturated/α-hetero) is 1. The second-order valence-corrected chi connectivity index (χ2v) is 7.05. The maximum atomic E-state index is 12.7. The van der Waals surface area contributed by atoms with Crippen molar-refractivity contribution in [1.82, 2.24) is 9.55 Å². The number of carbonyl (C=O) groups excluding carboxylic acids is 1. The van der Waals surface area contributed by atoms with Crippen LogP contribution in [-0.2, 0) is 16.1 Å². The third-order valence-corrected chi connectivity index (χ3v) is 4.32. The summed E-state index contributed by atoms with van der Waals surface area (Å²) in [5.41, 5.74) is 1.28. The van der Waals surface area contributed by atoms with Gasteiger partial charge in [-0.05, 0) is 46.2 Å². The minimum Gasteiger partial charge on any atom is -0.369 e. The van der Waals surface area contributed by atoms with Gasteiger partial charge >= 0.3 is 0 Å². The van der Waals surface area contributed by atoms with Crippen molar-refractivity contribution in [3.63, 3.8) is 0 Å². The molecule has 0 amide bonds. The minimum atomic E-state index is -0.406. The van der Waals surface area contributed by atoms with Crippen LogP contribution in [0.3, 0.4) is 0 Å². The summed E-state index contributed by atoms with van der Waals surface area (Å²) in [6.45, 7) is 8.48. The number of fused-ring (bicyclic) bond motifs is 1. The van der Waals surface area contributed by atoms with E-state index in [1.165, 1.54) is 0 Å². The number of benzene rings is 1.